The summed E-state index contributed by atoms with van der Waals surface area (Å²) in [6.07, 6.45) is 7.04. The minimum absolute atomic E-state index is 0.238. The number of amides is 1. The van der Waals surface area contributed by atoms with Crippen LogP contribution in [0.15, 0.2) is 0 Å². The summed E-state index contributed by atoms with van der Waals surface area (Å²) >= 11 is 0. The molecule has 1 aliphatic heterocycles. The summed E-state index contributed by atoms with van der Waals surface area (Å²) in [6.45, 7) is 1.46. The molecule has 0 aromatic heterocycles. The van der Waals surface area contributed by atoms with E-state index in [0.29, 0.717) is 18.4 Å². The first-order chi connectivity index (χ1) is 8.26. The van der Waals surface area contributed by atoms with Gasteiger partial charge in [-0.15, -0.1) is 0 Å². The Morgan fingerprint density at radius 1 is 1.12 bits per heavy atom. The molecule has 2 saturated carbocycles. The maximum Gasteiger partial charge on any atom is 0.220 e. The van der Waals surface area contributed by atoms with Gasteiger partial charge in [0.1, 0.15) is 0 Å². The van der Waals surface area contributed by atoms with Gasteiger partial charge in [0.15, 0.2) is 5.79 Å². The maximum atomic E-state index is 11.7. The third-order valence-electron chi connectivity index (χ3n) is 4.10. The molecule has 1 amide bonds. The SMILES string of the molecule is O=C(CC1CCC2(CC1)OCCO2)NC1CC1. The van der Waals surface area contributed by atoms with Crippen LogP contribution >= 0.6 is 0 Å². The second-order valence-corrected chi connectivity index (χ2v) is 5.60. The third-order valence-corrected chi connectivity index (χ3v) is 4.10. The highest BCUT2D eigenvalue weighted by Crippen LogP contribution is 2.39. The van der Waals surface area contributed by atoms with Gasteiger partial charge in [0.25, 0.3) is 0 Å². The van der Waals surface area contributed by atoms with Gasteiger partial charge in [0.05, 0.1) is 13.2 Å². The molecule has 0 atom stereocenters. The van der Waals surface area contributed by atoms with E-state index in [4.69, 9.17) is 9.47 Å². The van der Waals surface area contributed by atoms with Gasteiger partial charge in [-0.05, 0) is 31.6 Å². The topological polar surface area (TPSA) is 47.6 Å². The molecule has 96 valence electrons. The first-order valence-electron chi connectivity index (χ1n) is 6.83. The van der Waals surface area contributed by atoms with E-state index in [0.717, 1.165) is 38.9 Å². The molecular formula is C13H21NO3. The molecule has 3 rings (SSSR count). The Morgan fingerprint density at radius 2 is 1.76 bits per heavy atom. The van der Waals surface area contributed by atoms with Crippen LogP contribution in [0.5, 0.6) is 0 Å². The Kier molecular flexibility index (Phi) is 3.09. The molecule has 3 aliphatic rings. The summed E-state index contributed by atoms with van der Waals surface area (Å²) < 4.78 is 11.4. The summed E-state index contributed by atoms with van der Waals surface area (Å²) in [5, 5.41) is 3.06. The number of rotatable bonds is 3. The van der Waals surface area contributed by atoms with Crippen molar-refractivity contribution in [1.82, 2.24) is 5.32 Å². The van der Waals surface area contributed by atoms with Crippen LogP contribution in [0.2, 0.25) is 0 Å². The second kappa shape index (κ2) is 4.58. The molecule has 0 bridgehead atoms. The minimum atomic E-state index is -0.288. The van der Waals surface area contributed by atoms with Crippen molar-refractivity contribution in [1.29, 1.82) is 0 Å². The predicted octanol–water partition coefficient (Wildman–Crippen LogP) is 1.59. The Morgan fingerprint density at radius 3 is 2.35 bits per heavy atom. The van der Waals surface area contributed by atoms with Crippen molar-refractivity contribution < 1.29 is 14.3 Å². The van der Waals surface area contributed by atoms with E-state index in [2.05, 4.69) is 5.32 Å². The molecule has 4 nitrogen and oxygen atoms in total. The Labute approximate surface area is 102 Å². The third kappa shape index (κ3) is 2.80. The molecule has 4 heteroatoms. The first kappa shape index (κ1) is 11.5. The van der Waals surface area contributed by atoms with Crippen LogP contribution in [0, 0.1) is 5.92 Å². The fourth-order valence-corrected chi connectivity index (χ4v) is 2.88. The zero-order valence-electron chi connectivity index (χ0n) is 10.2. The summed E-state index contributed by atoms with van der Waals surface area (Å²) in [4.78, 5) is 11.7. The molecule has 1 N–H and O–H groups in total. The van der Waals surface area contributed by atoms with Gasteiger partial charge < -0.3 is 14.8 Å². The van der Waals surface area contributed by atoms with Gasteiger partial charge in [-0.2, -0.15) is 0 Å². The van der Waals surface area contributed by atoms with E-state index in [9.17, 15) is 4.79 Å². The van der Waals surface area contributed by atoms with Crippen molar-refractivity contribution in [2.24, 2.45) is 5.92 Å². The Bertz CT molecular complexity index is 285. The van der Waals surface area contributed by atoms with Crippen LogP contribution in [0.4, 0.5) is 0 Å². The zero-order valence-corrected chi connectivity index (χ0v) is 10.2. The Balaban J connectivity index is 1.42. The van der Waals surface area contributed by atoms with Gasteiger partial charge in [-0.25, -0.2) is 0 Å². The summed E-state index contributed by atoms with van der Waals surface area (Å²) in [6, 6.07) is 0.485. The lowest BCUT2D eigenvalue weighted by molar-refractivity contribution is -0.183. The number of carbonyl (C=O) groups excluding carboxylic acids is 1. The van der Waals surface area contributed by atoms with Gasteiger partial charge in [-0.3, -0.25) is 4.79 Å². The van der Waals surface area contributed by atoms with Gasteiger partial charge in [0.2, 0.25) is 5.91 Å². The molecule has 0 aromatic rings. The largest absolute Gasteiger partial charge is 0.353 e. The molecule has 17 heavy (non-hydrogen) atoms. The van der Waals surface area contributed by atoms with E-state index in [1.54, 1.807) is 0 Å². The summed E-state index contributed by atoms with van der Waals surface area (Å²) in [5.74, 6) is 0.470. The molecule has 1 heterocycles. The molecule has 1 spiro atoms. The van der Waals surface area contributed by atoms with Crippen molar-refractivity contribution in [3.05, 3.63) is 0 Å². The Hall–Kier alpha value is -0.610. The highest BCUT2D eigenvalue weighted by molar-refractivity contribution is 5.76. The van der Waals surface area contributed by atoms with Crippen LogP contribution in [0.25, 0.3) is 0 Å². The fraction of sp³-hybridized carbons (Fsp3) is 0.923. The van der Waals surface area contributed by atoms with Gasteiger partial charge >= 0.3 is 0 Å². The molecule has 0 radical (unpaired) electrons. The van der Waals surface area contributed by atoms with Crippen molar-refractivity contribution in [3.63, 3.8) is 0 Å². The van der Waals surface area contributed by atoms with Crippen LogP contribution in [-0.2, 0) is 14.3 Å². The van der Waals surface area contributed by atoms with Crippen LogP contribution in [0.1, 0.15) is 44.9 Å². The van der Waals surface area contributed by atoms with E-state index in [1.165, 1.54) is 12.8 Å². The normalized spacial score (nSPS) is 28.5. The quantitative estimate of drug-likeness (QED) is 0.813. The molecule has 2 aliphatic carbocycles. The number of nitrogens with one attached hydrogen (secondary N) is 1. The predicted molar refractivity (Wildman–Crippen MR) is 62.4 cm³/mol. The molecule has 0 unspecified atom stereocenters. The maximum absolute atomic E-state index is 11.7. The van der Waals surface area contributed by atoms with Crippen LogP contribution < -0.4 is 5.32 Å². The zero-order chi connectivity index (χ0) is 11.7. The highest BCUT2D eigenvalue weighted by atomic mass is 16.7. The summed E-state index contributed by atoms with van der Waals surface area (Å²) in [7, 11) is 0. The lowest BCUT2D eigenvalue weighted by atomic mass is 9.83. The average Bonchev–Trinajstić information content (AvgIpc) is 3.01. The molecule has 0 aromatic carbocycles. The van der Waals surface area contributed by atoms with Gasteiger partial charge in [0, 0.05) is 25.3 Å². The number of carbonyl (C=O) groups is 1. The summed E-state index contributed by atoms with van der Waals surface area (Å²) in [5.41, 5.74) is 0. The average molecular weight is 239 g/mol. The minimum Gasteiger partial charge on any atom is -0.353 e. The second-order valence-electron chi connectivity index (χ2n) is 5.60. The first-order valence-corrected chi connectivity index (χ1v) is 6.83. The lowest BCUT2D eigenvalue weighted by Crippen LogP contribution is -2.36. The molecular weight excluding hydrogens is 218 g/mol. The standard InChI is InChI=1S/C13H21NO3/c15-12(14-11-1-2-11)9-10-3-5-13(6-4-10)16-7-8-17-13/h10-11H,1-9H2,(H,14,15). The van der Waals surface area contributed by atoms with Crippen molar-refractivity contribution in [3.8, 4) is 0 Å². The van der Waals surface area contributed by atoms with Crippen molar-refractivity contribution in [2.45, 2.75) is 56.8 Å². The van der Waals surface area contributed by atoms with E-state index < -0.39 is 0 Å². The highest BCUT2D eigenvalue weighted by Gasteiger charge is 2.40. The van der Waals surface area contributed by atoms with Crippen LogP contribution in [0.3, 0.4) is 0 Å². The molecule has 1 saturated heterocycles. The number of hydrogen-bond acceptors (Lipinski definition) is 3. The molecule has 3 fully saturated rings. The smallest absolute Gasteiger partial charge is 0.220 e. The number of hydrogen-bond donors (Lipinski definition) is 1. The number of ether oxygens (including phenoxy) is 2. The van der Waals surface area contributed by atoms with E-state index >= 15 is 0 Å². The van der Waals surface area contributed by atoms with E-state index in [-0.39, 0.29) is 11.7 Å². The van der Waals surface area contributed by atoms with Crippen molar-refractivity contribution >= 4 is 5.91 Å². The van der Waals surface area contributed by atoms with Crippen LogP contribution in [-0.4, -0.2) is 30.9 Å². The van der Waals surface area contributed by atoms with Gasteiger partial charge in [-0.1, -0.05) is 0 Å². The van der Waals surface area contributed by atoms with Crippen molar-refractivity contribution in [2.75, 3.05) is 13.2 Å². The lowest BCUT2D eigenvalue weighted by Gasteiger charge is -2.35. The van der Waals surface area contributed by atoms with E-state index in [1.807, 2.05) is 0 Å². The monoisotopic (exact) mass is 239 g/mol. The fourth-order valence-electron chi connectivity index (χ4n) is 2.88.